The zero-order valence-electron chi connectivity index (χ0n) is 15.8. The van der Waals surface area contributed by atoms with Crippen LogP contribution in [0.2, 0.25) is 0 Å². The lowest BCUT2D eigenvalue weighted by Gasteiger charge is -2.12. The zero-order chi connectivity index (χ0) is 20.4. The first-order valence-electron chi connectivity index (χ1n) is 9.43. The van der Waals surface area contributed by atoms with Gasteiger partial charge in [-0.15, -0.1) is 0 Å². The Labute approximate surface area is 168 Å². The highest BCUT2D eigenvalue weighted by Crippen LogP contribution is 2.23. The van der Waals surface area contributed by atoms with Crippen molar-refractivity contribution < 1.29 is 13.2 Å². The Kier molecular flexibility index (Phi) is 5.06. The number of benzene rings is 2. The van der Waals surface area contributed by atoms with Crippen molar-refractivity contribution in [1.29, 1.82) is 0 Å². The molecule has 1 atom stereocenters. The fourth-order valence-electron chi connectivity index (χ4n) is 3.25. The molecule has 1 unspecified atom stereocenters. The van der Waals surface area contributed by atoms with Crippen LogP contribution in [0.3, 0.4) is 0 Å². The van der Waals surface area contributed by atoms with Crippen LogP contribution in [-0.4, -0.2) is 36.2 Å². The van der Waals surface area contributed by atoms with Gasteiger partial charge in [-0.2, -0.15) is 0 Å². The summed E-state index contributed by atoms with van der Waals surface area (Å²) in [7, 11) is -3.65. The van der Waals surface area contributed by atoms with Crippen molar-refractivity contribution >= 4 is 38.7 Å². The van der Waals surface area contributed by atoms with Crippen molar-refractivity contribution in [3.63, 3.8) is 0 Å². The van der Waals surface area contributed by atoms with Gasteiger partial charge in [0.2, 0.25) is 5.95 Å². The Bertz CT molecular complexity index is 1170. The largest absolute Gasteiger partial charge is 0.324 e. The minimum atomic E-state index is -3.65. The van der Waals surface area contributed by atoms with Gasteiger partial charge in [-0.3, -0.25) is 19.8 Å². The van der Waals surface area contributed by atoms with E-state index in [4.69, 9.17) is 0 Å². The van der Waals surface area contributed by atoms with E-state index < -0.39 is 16.1 Å². The maximum atomic E-state index is 12.9. The molecule has 0 saturated carbocycles. The van der Waals surface area contributed by atoms with E-state index in [1.807, 2.05) is 31.2 Å². The predicted molar refractivity (Wildman–Crippen MR) is 111 cm³/mol. The van der Waals surface area contributed by atoms with Crippen molar-refractivity contribution in [3.05, 3.63) is 54.1 Å². The number of sulfonamides is 1. The van der Waals surface area contributed by atoms with E-state index >= 15 is 0 Å². The first kappa shape index (κ1) is 19.1. The number of para-hydroxylation sites is 2. The molecule has 9 heteroatoms. The van der Waals surface area contributed by atoms with Gasteiger partial charge in [-0.25, -0.2) is 13.4 Å². The van der Waals surface area contributed by atoms with Crippen LogP contribution in [0.15, 0.2) is 58.4 Å². The van der Waals surface area contributed by atoms with E-state index in [1.165, 1.54) is 6.07 Å². The molecule has 3 aromatic rings. The number of aromatic amines is 1. The molecule has 3 N–H and O–H groups in total. The maximum absolute atomic E-state index is 12.9. The maximum Gasteiger partial charge on any atom is 0.263 e. The third-order valence-electron chi connectivity index (χ3n) is 4.71. The third kappa shape index (κ3) is 3.86. The number of carbonyl (C=O) groups excluding carboxylic acids is 1. The molecule has 2 heterocycles. The molecule has 8 nitrogen and oxygen atoms in total. The molecular weight excluding hydrogens is 390 g/mol. The Morgan fingerprint density at radius 1 is 1.17 bits per heavy atom. The second-order valence-electron chi connectivity index (χ2n) is 6.83. The first-order chi connectivity index (χ1) is 14.0. The fourth-order valence-corrected chi connectivity index (χ4v) is 4.49. The van der Waals surface area contributed by atoms with Crippen LogP contribution in [0.5, 0.6) is 0 Å². The molecule has 29 heavy (non-hydrogen) atoms. The summed E-state index contributed by atoms with van der Waals surface area (Å²) in [6.45, 7) is 2.02. The molecule has 1 aliphatic rings. The van der Waals surface area contributed by atoms with Crippen LogP contribution in [0, 0.1) is 0 Å². The number of aliphatic imine (C=N–C) groups is 1. The van der Waals surface area contributed by atoms with Crippen molar-refractivity contribution in [2.75, 3.05) is 5.32 Å². The molecule has 1 amide bonds. The predicted octanol–water partition coefficient (Wildman–Crippen LogP) is 2.80. The molecule has 4 rings (SSSR count). The monoisotopic (exact) mass is 411 g/mol. The van der Waals surface area contributed by atoms with Crippen molar-refractivity contribution in [2.24, 2.45) is 4.99 Å². The summed E-state index contributed by atoms with van der Waals surface area (Å²) in [5.74, 6) is 0.195. The van der Waals surface area contributed by atoms with E-state index in [0.717, 1.165) is 23.9 Å². The summed E-state index contributed by atoms with van der Waals surface area (Å²) < 4.78 is 27.1. The summed E-state index contributed by atoms with van der Waals surface area (Å²) in [5, 5.41) is 2.77. The number of nitrogens with one attached hydrogen (secondary N) is 3. The van der Waals surface area contributed by atoms with E-state index in [9.17, 15) is 13.2 Å². The number of imidazole rings is 1. The van der Waals surface area contributed by atoms with E-state index in [0.29, 0.717) is 17.9 Å². The molecule has 1 aliphatic heterocycles. The Morgan fingerprint density at radius 2 is 1.93 bits per heavy atom. The minimum Gasteiger partial charge on any atom is -0.324 e. The summed E-state index contributed by atoms with van der Waals surface area (Å²) in [6, 6.07) is 13.3. The van der Waals surface area contributed by atoms with Gasteiger partial charge in [-0.1, -0.05) is 44.0 Å². The van der Waals surface area contributed by atoms with Crippen LogP contribution < -0.4 is 10.0 Å². The van der Waals surface area contributed by atoms with Gasteiger partial charge in [0.1, 0.15) is 11.9 Å². The lowest BCUT2D eigenvalue weighted by atomic mass is 10.1. The van der Waals surface area contributed by atoms with Gasteiger partial charge in [0.15, 0.2) is 0 Å². The molecule has 150 valence electrons. The fraction of sp³-hybridized carbons (Fsp3) is 0.250. The normalized spacial score (nSPS) is 17.1. The molecule has 1 aromatic heterocycles. The van der Waals surface area contributed by atoms with Crippen LogP contribution in [-0.2, 0) is 14.8 Å². The average Bonchev–Trinajstić information content (AvgIpc) is 3.23. The highest BCUT2D eigenvalue weighted by atomic mass is 32.2. The number of nitrogens with zero attached hydrogens (tertiary/aromatic N) is 2. The summed E-state index contributed by atoms with van der Waals surface area (Å²) in [5.41, 5.74) is 2.04. The van der Waals surface area contributed by atoms with Crippen molar-refractivity contribution in [2.45, 2.75) is 37.1 Å². The molecular formula is C20H21N5O3S. The summed E-state index contributed by atoms with van der Waals surface area (Å²) in [6.07, 6.45) is 2.17. The number of amides is 1. The van der Waals surface area contributed by atoms with Crippen LogP contribution in [0.1, 0.15) is 31.7 Å². The quantitative estimate of drug-likeness (QED) is 0.578. The lowest BCUT2D eigenvalue weighted by molar-refractivity contribution is -0.117. The molecule has 0 radical (unpaired) electrons. The van der Waals surface area contributed by atoms with Gasteiger partial charge in [-0.05, 0) is 30.7 Å². The highest BCUT2D eigenvalue weighted by Gasteiger charge is 2.31. The molecule has 0 fully saturated rings. The Balaban J connectivity index is 1.62. The number of carbonyl (C=O) groups is 1. The topological polar surface area (TPSA) is 116 Å². The van der Waals surface area contributed by atoms with Crippen molar-refractivity contribution in [3.8, 4) is 0 Å². The van der Waals surface area contributed by atoms with Crippen LogP contribution in [0.4, 0.5) is 5.95 Å². The second-order valence-corrected chi connectivity index (χ2v) is 8.48. The van der Waals surface area contributed by atoms with E-state index in [2.05, 4.69) is 25.0 Å². The number of hydrogen-bond acceptors (Lipinski definition) is 5. The average molecular weight is 411 g/mol. The van der Waals surface area contributed by atoms with Gasteiger partial charge < -0.3 is 4.98 Å². The van der Waals surface area contributed by atoms with Gasteiger partial charge >= 0.3 is 0 Å². The number of aromatic nitrogens is 2. The minimum absolute atomic E-state index is 0.172. The number of fused-ring (bicyclic) bond motifs is 2. The van der Waals surface area contributed by atoms with E-state index in [1.54, 1.807) is 18.2 Å². The summed E-state index contributed by atoms with van der Waals surface area (Å²) in [4.78, 5) is 25.0. The number of unbranched alkanes of at least 4 members (excludes halogenated alkanes) is 1. The van der Waals surface area contributed by atoms with Crippen molar-refractivity contribution in [1.82, 2.24) is 14.7 Å². The standard InChI is InChI=1S/C20H21N5O3S/c1-2-3-9-16(19(26)24-20-22-14-10-5-6-11-15(14)23-20)21-18-13-8-4-7-12-17(13)29(27,28)25-18/h4-8,10-12,16H,2-3,9H2,1H3,(H,21,25)(H2,22,23,24,26). The number of rotatable bonds is 6. The van der Waals surface area contributed by atoms with Gasteiger partial charge in [0, 0.05) is 5.56 Å². The molecule has 2 aromatic carbocycles. The molecule has 0 aliphatic carbocycles. The summed E-state index contributed by atoms with van der Waals surface area (Å²) >= 11 is 0. The van der Waals surface area contributed by atoms with Crippen LogP contribution in [0.25, 0.3) is 11.0 Å². The van der Waals surface area contributed by atoms with Crippen LogP contribution >= 0.6 is 0 Å². The Morgan fingerprint density at radius 3 is 2.72 bits per heavy atom. The molecule has 0 spiro atoms. The number of hydrogen-bond donors (Lipinski definition) is 3. The molecule has 0 saturated heterocycles. The molecule has 0 bridgehead atoms. The Hall–Kier alpha value is -3.20. The third-order valence-corrected chi connectivity index (χ3v) is 6.11. The van der Waals surface area contributed by atoms with Gasteiger partial charge in [0.05, 0.1) is 15.9 Å². The number of anilines is 1. The number of H-pyrrole nitrogens is 1. The smallest absolute Gasteiger partial charge is 0.263 e. The second kappa shape index (κ2) is 7.67. The first-order valence-corrected chi connectivity index (χ1v) is 10.9. The van der Waals surface area contributed by atoms with E-state index in [-0.39, 0.29) is 16.6 Å². The number of amidine groups is 1. The SMILES string of the molecule is CCCCC(N=C1NS(=O)(=O)c2ccccc21)C(=O)Nc1nc2ccccc2[nH]1. The zero-order valence-corrected chi connectivity index (χ0v) is 16.7. The van der Waals surface area contributed by atoms with Gasteiger partial charge in [0.25, 0.3) is 15.9 Å². The highest BCUT2D eigenvalue weighted by molar-refractivity contribution is 7.90. The lowest BCUT2D eigenvalue weighted by Crippen LogP contribution is -2.31.